The second kappa shape index (κ2) is 13.9. The number of halogens is 1. The molecule has 48 heavy (non-hydrogen) atoms. The lowest BCUT2D eigenvalue weighted by Crippen LogP contribution is -2.62. The molecule has 4 aromatic rings. The van der Waals surface area contributed by atoms with Crippen LogP contribution in [-0.2, 0) is 14.2 Å². The molecule has 2 saturated heterocycles. The molecule has 2 aliphatic rings. The number of aliphatic hydroxyl groups excluding tert-OH is 1. The molecule has 14 heteroatoms. The fourth-order valence-corrected chi connectivity index (χ4v) is 8.06. The van der Waals surface area contributed by atoms with Crippen molar-refractivity contribution in [1.82, 2.24) is 15.1 Å². The summed E-state index contributed by atoms with van der Waals surface area (Å²) in [5, 5.41) is 18.0. The summed E-state index contributed by atoms with van der Waals surface area (Å²) in [6.45, 7) is 1.83. The van der Waals surface area contributed by atoms with Crippen LogP contribution in [0.2, 0.25) is 0 Å². The maximum Gasteiger partial charge on any atom is 0.363 e. The van der Waals surface area contributed by atoms with E-state index >= 15 is 0 Å². The Morgan fingerprint density at radius 2 is 1.67 bits per heavy atom. The second-order valence-electron chi connectivity index (χ2n) is 12.2. The second-order valence-corrected chi connectivity index (χ2v) is 14.9. The Morgan fingerprint density at radius 3 is 2.35 bits per heavy atom. The number of hydrogen-bond acceptors (Lipinski definition) is 7. The largest absolute Gasteiger partial charge is 0.376 e. The number of aliphatic hydroxyl groups is 1. The number of nitrogens with one attached hydrogen (secondary N) is 2. The Labute approximate surface area is 280 Å². The first-order valence-corrected chi connectivity index (χ1v) is 18.1. The lowest BCUT2D eigenvalue weighted by Gasteiger charge is -2.42. The van der Waals surface area contributed by atoms with E-state index in [-0.39, 0.29) is 34.8 Å². The highest BCUT2D eigenvalue weighted by molar-refractivity contribution is 7.51. The molecule has 3 aromatic carbocycles. The van der Waals surface area contributed by atoms with E-state index < -0.39 is 37.7 Å². The smallest absolute Gasteiger partial charge is 0.363 e. The van der Waals surface area contributed by atoms with Crippen LogP contribution in [-0.4, -0.2) is 79.9 Å². The summed E-state index contributed by atoms with van der Waals surface area (Å²) >= 11 is 1.10. The van der Waals surface area contributed by atoms with Crippen LogP contribution in [0, 0.1) is 0 Å². The fraction of sp³-hybridized carbons (Fsp3) is 0.324. The Hall–Kier alpha value is -3.97. The Balaban J connectivity index is 1.20. The third kappa shape index (κ3) is 7.21. The number of carbonyl (C=O) groups excluding carboxylic acids is 3. The summed E-state index contributed by atoms with van der Waals surface area (Å²) in [6, 6.07) is 21.1. The molecule has 0 bridgehead atoms. The minimum absolute atomic E-state index is 0.0155. The van der Waals surface area contributed by atoms with Gasteiger partial charge in [-0.25, -0.2) is 4.39 Å². The van der Waals surface area contributed by atoms with Crippen LogP contribution in [0.1, 0.15) is 47.3 Å². The molecule has 0 spiro atoms. The highest BCUT2D eigenvalue weighted by atomic mass is 32.1. The molecule has 0 radical (unpaired) electrons. The molecule has 2 fully saturated rings. The van der Waals surface area contributed by atoms with Crippen molar-refractivity contribution >= 4 is 52.4 Å². The monoisotopic (exact) mass is 694 g/mol. The lowest BCUT2D eigenvalue weighted by molar-refractivity contribution is -0.136. The highest BCUT2D eigenvalue weighted by Crippen LogP contribution is 2.53. The van der Waals surface area contributed by atoms with Crippen molar-refractivity contribution in [2.75, 3.05) is 18.4 Å². The number of rotatable bonds is 7. The third-order valence-electron chi connectivity index (χ3n) is 9.03. The topological polar surface area (TPSA) is 160 Å². The predicted octanol–water partition coefficient (Wildman–Crippen LogP) is 4.85. The number of amides is 3. The molecular formula is C34H36FN4O7PS. The van der Waals surface area contributed by atoms with Crippen LogP contribution in [0.25, 0.3) is 21.2 Å². The standard InChI is InChI=1S/C34H36FN4O7PS/c1-20(40)38-16-15-26-12-13-28(32(41)36-25-10-7-22(8-11-25)21-5-3-2-4-6-21)39(26)34(43)27(19-38)37-33(42)30-18-24-17-23(9-14-29(24)48-30)31(35)47(44,45)46/h2-11,14,17-18,26-28,31,34,43H,12-13,15-16,19H2,1H3,(H,36,41)(H,37,42)(H2,44,45,46)/t26-,27?,28+,31?,34?/m1/s1. The van der Waals surface area contributed by atoms with Gasteiger partial charge in [-0.1, -0.05) is 48.5 Å². The van der Waals surface area contributed by atoms with Gasteiger partial charge in [-0.05, 0) is 71.7 Å². The van der Waals surface area contributed by atoms with E-state index in [1.807, 2.05) is 54.6 Å². The van der Waals surface area contributed by atoms with Gasteiger partial charge in [-0.2, -0.15) is 0 Å². The quantitative estimate of drug-likeness (QED) is 0.172. The van der Waals surface area contributed by atoms with Gasteiger partial charge in [-0.15, -0.1) is 11.3 Å². The fourth-order valence-electron chi connectivity index (χ4n) is 6.56. The van der Waals surface area contributed by atoms with Crippen molar-refractivity contribution < 1.29 is 38.2 Å². The Kier molecular flexibility index (Phi) is 9.80. The van der Waals surface area contributed by atoms with E-state index in [4.69, 9.17) is 0 Å². The van der Waals surface area contributed by atoms with Gasteiger partial charge in [0.05, 0.1) is 17.0 Å². The Bertz CT molecular complexity index is 1870. The van der Waals surface area contributed by atoms with E-state index in [1.54, 1.807) is 9.80 Å². The summed E-state index contributed by atoms with van der Waals surface area (Å²) in [5.74, 6) is -3.52. The molecule has 5 atom stereocenters. The number of benzene rings is 3. The minimum Gasteiger partial charge on any atom is -0.376 e. The van der Waals surface area contributed by atoms with Crippen LogP contribution in [0.3, 0.4) is 0 Å². The number of thiophene rings is 1. The average molecular weight is 695 g/mol. The zero-order valence-electron chi connectivity index (χ0n) is 26.0. The number of hydrogen-bond donors (Lipinski definition) is 5. The average Bonchev–Trinajstić information content (AvgIpc) is 3.69. The molecule has 0 saturated carbocycles. The van der Waals surface area contributed by atoms with Crippen LogP contribution in [0.5, 0.6) is 0 Å². The van der Waals surface area contributed by atoms with Gasteiger partial charge in [0, 0.05) is 36.4 Å². The van der Waals surface area contributed by atoms with Gasteiger partial charge in [-0.3, -0.25) is 23.8 Å². The van der Waals surface area contributed by atoms with Gasteiger partial charge in [0.2, 0.25) is 17.7 Å². The van der Waals surface area contributed by atoms with Crippen molar-refractivity contribution in [3.05, 3.63) is 89.3 Å². The lowest BCUT2D eigenvalue weighted by atomic mass is 10.1. The van der Waals surface area contributed by atoms with Crippen LogP contribution in [0.15, 0.2) is 78.9 Å². The van der Waals surface area contributed by atoms with Crippen molar-refractivity contribution in [3.63, 3.8) is 0 Å². The van der Waals surface area contributed by atoms with E-state index in [0.717, 1.165) is 22.5 Å². The summed E-state index contributed by atoms with van der Waals surface area (Å²) in [7, 11) is -5.01. The summed E-state index contributed by atoms with van der Waals surface area (Å²) in [4.78, 5) is 61.7. The number of anilines is 1. The normalized spacial score (nSPS) is 22.4. The molecule has 252 valence electrons. The highest BCUT2D eigenvalue weighted by Gasteiger charge is 2.46. The molecule has 1 aromatic heterocycles. The molecule has 6 rings (SSSR count). The number of fused-ring (bicyclic) bond motifs is 2. The van der Waals surface area contributed by atoms with Gasteiger partial charge >= 0.3 is 7.60 Å². The minimum atomic E-state index is -5.01. The van der Waals surface area contributed by atoms with Crippen LogP contribution >= 0.6 is 18.9 Å². The maximum absolute atomic E-state index is 14.3. The first kappa shape index (κ1) is 33.9. The van der Waals surface area contributed by atoms with Gasteiger partial charge in [0.15, 0.2) is 0 Å². The molecule has 0 aliphatic carbocycles. The molecule has 3 unspecified atom stereocenters. The summed E-state index contributed by atoms with van der Waals surface area (Å²) in [5.41, 5.74) is 2.48. The summed E-state index contributed by atoms with van der Waals surface area (Å²) < 4.78 is 26.4. The number of carbonyl (C=O) groups is 3. The van der Waals surface area contributed by atoms with E-state index in [1.165, 1.54) is 31.2 Å². The Morgan fingerprint density at radius 1 is 0.958 bits per heavy atom. The molecule has 3 heterocycles. The van der Waals surface area contributed by atoms with E-state index in [0.29, 0.717) is 41.6 Å². The molecule has 3 amide bonds. The van der Waals surface area contributed by atoms with Crippen molar-refractivity contribution in [3.8, 4) is 11.1 Å². The van der Waals surface area contributed by atoms with E-state index in [2.05, 4.69) is 10.6 Å². The van der Waals surface area contributed by atoms with Gasteiger partial charge in [0.1, 0.15) is 6.23 Å². The first-order chi connectivity index (χ1) is 22.9. The molecule has 5 N–H and O–H groups in total. The van der Waals surface area contributed by atoms with Gasteiger partial charge < -0.3 is 30.4 Å². The first-order valence-electron chi connectivity index (χ1n) is 15.6. The summed E-state index contributed by atoms with van der Waals surface area (Å²) in [6.07, 6.45) is 0.364. The van der Waals surface area contributed by atoms with Crippen LogP contribution < -0.4 is 10.6 Å². The van der Waals surface area contributed by atoms with Crippen molar-refractivity contribution in [1.29, 1.82) is 0 Å². The SMILES string of the molecule is CC(=O)N1CC[C@H]2CC[C@@H](C(=O)Nc3ccc(-c4ccccc4)cc3)N2C(O)C(NC(=O)c2cc3cc(C(F)P(=O)(O)O)ccc3s2)C1. The van der Waals surface area contributed by atoms with Gasteiger partial charge in [0.25, 0.3) is 5.91 Å². The zero-order chi connectivity index (χ0) is 34.2. The van der Waals surface area contributed by atoms with E-state index in [9.17, 15) is 38.2 Å². The molecule has 11 nitrogen and oxygen atoms in total. The predicted molar refractivity (Wildman–Crippen MR) is 181 cm³/mol. The maximum atomic E-state index is 14.3. The third-order valence-corrected chi connectivity index (χ3v) is 11.0. The molecular weight excluding hydrogens is 658 g/mol. The van der Waals surface area contributed by atoms with Crippen molar-refractivity contribution in [2.24, 2.45) is 0 Å². The number of nitrogens with zero attached hydrogens (tertiary/aromatic N) is 2. The molecule has 2 aliphatic heterocycles. The van der Waals surface area contributed by atoms with Crippen LogP contribution in [0.4, 0.5) is 10.1 Å². The zero-order valence-corrected chi connectivity index (χ0v) is 27.7. The van der Waals surface area contributed by atoms with Crippen molar-refractivity contribution in [2.45, 2.75) is 56.5 Å². The number of alkyl halides is 1.